The molecule has 7 nitrogen and oxygen atoms in total. The van der Waals surface area contributed by atoms with Crippen LogP contribution in [0, 0.1) is 17.0 Å². The van der Waals surface area contributed by atoms with Crippen molar-refractivity contribution in [2.24, 2.45) is 5.41 Å². The lowest BCUT2D eigenvalue weighted by molar-refractivity contribution is -0.124. The second kappa shape index (κ2) is 9.36. The maximum absolute atomic E-state index is 13.9. The summed E-state index contributed by atoms with van der Waals surface area (Å²) in [6, 6.07) is 2.85. The summed E-state index contributed by atoms with van der Waals surface area (Å²) in [5.74, 6) is -2.27. The molecule has 1 aromatic carbocycles. The van der Waals surface area contributed by atoms with E-state index in [1.165, 1.54) is 13.1 Å². The molecule has 2 amide bonds. The van der Waals surface area contributed by atoms with Gasteiger partial charge in [-0.05, 0) is 36.6 Å². The molecule has 0 saturated heterocycles. The second-order valence-corrected chi connectivity index (χ2v) is 9.12. The van der Waals surface area contributed by atoms with E-state index in [1.54, 1.807) is 0 Å². The van der Waals surface area contributed by atoms with Gasteiger partial charge < -0.3 is 15.2 Å². The fourth-order valence-electron chi connectivity index (χ4n) is 3.96. The minimum Gasteiger partial charge on any atom is -0.357 e. The van der Waals surface area contributed by atoms with E-state index in [4.69, 9.17) is 0 Å². The minimum atomic E-state index is -0.970. The largest absolute Gasteiger partial charge is 0.357 e. The number of aromatic nitrogens is 2. The van der Waals surface area contributed by atoms with Gasteiger partial charge in [0.25, 0.3) is 5.91 Å². The van der Waals surface area contributed by atoms with E-state index in [2.05, 4.69) is 20.5 Å². The van der Waals surface area contributed by atoms with Crippen LogP contribution in [0.1, 0.15) is 50.3 Å². The van der Waals surface area contributed by atoms with Crippen molar-refractivity contribution in [1.82, 2.24) is 25.1 Å². The van der Waals surface area contributed by atoms with Crippen LogP contribution >= 0.6 is 0 Å². The Morgan fingerprint density at radius 3 is 2.50 bits per heavy atom. The molecule has 2 heterocycles. The van der Waals surface area contributed by atoms with Crippen molar-refractivity contribution in [2.75, 3.05) is 20.1 Å². The summed E-state index contributed by atoms with van der Waals surface area (Å²) in [5, 5.41) is 5.43. The second-order valence-electron chi connectivity index (χ2n) is 9.12. The van der Waals surface area contributed by atoms with Gasteiger partial charge >= 0.3 is 0 Å². The number of benzene rings is 1. The molecule has 2 aromatic rings. The van der Waals surface area contributed by atoms with E-state index >= 15 is 0 Å². The fraction of sp³-hybridized carbons (Fsp3) is 0.522. The highest BCUT2D eigenvalue weighted by Gasteiger charge is 2.34. The van der Waals surface area contributed by atoms with Gasteiger partial charge in [0.15, 0.2) is 17.3 Å². The summed E-state index contributed by atoms with van der Waals surface area (Å²) in [4.78, 5) is 32.5. The Hall–Kier alpha value is -2.81. The summed E-state index contributed by atoms with van der Waals surface area (Å²) in [7, 11) is 1.52. The lowest BCUT2D eigenvalue weighted by Crippen LogP contribution is -2.53. The molecule has 1 unspecified atom stereocenters. The van der Waals surface area contributed by atoms with Crippen molar-refractivity contribution in [2.45, 2.75) is 53.2 Å². The maximum atomic E-state index is 13.9. The summed E-state index contributed by atoms with van der Waals surface area (Å²) in [5.41, 5.74) is 0.771. The number of nitrogens with one attached hydrogen (secondary N) is 2. The normalized spacial score (nSPS) is 15.6. The van der Waals surface area contributed by atoms with E-state index in [0.717, 1.165) is 31.6 Å². The van der Waals surface area contributed by atoms with Gasteiger partial charge in [-0.15, -0.1) is 0 Å². The molecule has 1 atom stereocenters. The number of imidazole rings is 1. The van der Waals surface area contributed by atoms with E-state index in [0.29, 0.717) is 30.2 Å². The molecule has 1 aromatic heterocycles. The lowest BCUT2D eigenvalue weighted by atomic mass is 9.86. The van der Waals surface area contributed by atoms with Crippen LogP contribution in [0.2, 0.25) is 0 Å². The molecule has 3 rings (SSSR count). The third kappa shape index (κ3) is 4.82. The Morgan fingerprint density at radius 2 is 1.91 bits per heavy atom. The van der Waals surface area contributed by atoms with Gasteiger partial charge in [0.1, 0.15) is 11.9 Å². The van der Waals surface area contributed by atoms with Crippen molar-refractivity contribution in [1.29, 1.82) is 0 Å². The highest BCUT2D eigenvalue weighted by atomic mass is 19.2. The number of halogens is 2. The summed E-state index contributed by atoms with van der Waals surface area (Å²) in [6.07, 6.45) is 0.831. The Balaban J connectivity index is 2.08. The van der Waals surface area contributed by atoms with E-state index < -0.39 is 29.0 Å². The highest BCUT2D eigenvalue weighted by Crippen LogP contribution is 2.28. The number of nitrogens with zero attached hydrogens (tertiary/aromatic N) is 3. The first kappa shape index (κ1) is 23.8. The number of likely N-dealkylation sites (N-methyl/N-ethyl adjacent to an activating group) is 1. The van der Waals surface area contributed by atoms with Crippen LogP contribution in [0.5, 0.6) is 0 Å². The molecule has 1 aliphatic heterocycles. The van der Waals surface area contributed by atoms with Gasteiger partial charge in [0, 0.05) is 32.2 Å². The van der Waals surface area contributed by atoms with Crippen LogP contribution in [-0.2, 0) is 17.9 Å². The van der Waals surface area contributed by atoms with Crippen molar-refractivity contribution >= 4 is 11.8 Å². The number of fused-ring (bicyclic) bond motifs is 1. The molecule has 9 heteroatoms. The number of amides is 2. The monoisotopic (exact) mass is 447 g/mol. The molecule has 0 saturated carbocycles. The van der Waals surface area contributed by atoms with Crippen molar-refractivity contribution in [3.63, 3.8) is 0 Å². The van der Waals surface area contributed by atoms with E-state index in [9.17, 15) is 18.4 Å². The van der Waals surface area contributed by atoms with Crippen LogP contribution in [0.25, 0.3) is 11.4 Å². The average Bonchev–Trinajstić information content (AvgIpc) is 2.95. The first-order valence-electron chi connectivity index (χ1n) is 10.9. The van der Waals surface area contributed by atoms with E-state index in [-0.39, 0.29) is 11.6 Å². The minimum absolute atomic E-state index is 0.197. The molecule has 32 heavy (non-hydrogen) atoms. The van der Waals surface area contributed by atoms with Crippen LogP contribution in [-0.4, -0.2) is 52.4 Å². The quantitative estimate of drug-likeness (QED) is 0.739. The summed E-state index contributed by atoms with van der Waals surface area (Å²) < 4.78 is 29.4. The smallest absolute Gasteiger partial charge is 0.272 e. The van der Waals surface area contributed by atoms with Gasteiger partial charge in [-0.3, -0.25) is 14.5 Å². The maximum Gasteiger partial charge on any atom is 0.272 e. The number of hydrogen-bond donors (Lipinski definition) is 2. The third-order valence-corrected chi connectivity index (χ3v) is 5.79. The molecule has 0 bridgehead atoms. The van der Waals surface area contributed by atoms with Crippen LogP contribution in [0.15, 0.2) is 18.2 Å². The molecule has 0 radical (unpaired) electrons. The van der Waals surface area contributed by atoms with Crippen LogP contribution < -0.4 is 10.6 Å². The lowest BCUT2D eigenvalue weighted by Gasteiger charge is -2.29. The molecule has 0 spiro atoms. The standard InChI is InChI=1S/C23H31F2N5O2/c1-6-29-10-7-11-30-17(13-29)18(21(31)28-19(22(32)26-5)23(2,3)4)27-20(30)14-8-9-15(24)16(25)12-14/h8-9,12,19H,6-7,10-11,13H2,1-5H3,(H,26,32)(H,28,31). The van der Waals surface area contributed by atoms with Crippen molar-refractivity contribution in [3.8, 4) is 11.4 Å². The molecular formula is C23H31F2N5O2. The SMILES string of the molecule is CCN1CCCn2c(-c3ccc(F)c(F)c3)nc(C(=O)NC(C(=O)NC)C(C)(C)C)c2C1. The molecular weight excluding hydrogens is 416 g/mol. The number of carbonyl (C=O) groups excluding carboxylic acids is 2. The van der Waals surface area contributed by atoms with Gasteiger partial charge in [0.05, 0.1) is 5.69 Å². The summed E-state index contributed by atoms with van der Waals surface area (Å²) >= 11 is 0. The predicted molar refractivity (Wildman–Crippen MR) is 118 cm³/mol. The molecule has 0 fully saturated rings. The zero-order valence-electron chi connectivity index (χ0n) is 19.3. The Morgan fingerprint density at radius 1 is 1.19 bits per heavy atom. The van der Waals surface area contributed by atoms with Crippen LogP contribution in [0.4, 0.5) is 8.78 Å². The van der Waals surface area contributed by atoms with Gasteiger partial charge in [0.2, 0.25) is 5.91 Å². The van der Waals surface area contributed by atoms with Crippen molar-refractivity contribution in [3.05, 3.63) is 41.2 Å². The third-order valence-electron chi connectivity index (χ3n) is 5.79. The molecule has 174 valence electrons. The Bertz CT molecular complexity index is 1010. The molecule has 2 N–H and O–H groups in total. The average molecular weight is 448 g/mol. The molecule has 1 aliphatic rings. The number of rotatable bonds is 5. The zero-order valence-corrected chi connectivity index (χ0v) is 19.3. The zero-order chi connectivity index (χ0) is 23.6. The topological polar surface area (TPSA) is 79.3 Å². The number of carbonyl (C=O) groups is 2. The Labute approximate surface area is 187 Å². The highest BCUT2D eigenvalue weighted by molar-refractivity contribution is 5.97. The van der Waals surface area contributed by atoms with Gasteiger partial charge in [-0.25, -0.2) is 13.8 Å². The van der Waals surface area contributed by atoms with Gasteiger partial charge in [-0.1, -0.05) is 27.7 Å². The van der Waals surface area contributed by atoms with Gasteiger partial charge in [-0.2, -0.15) is 0 Å². The first-order valence-corrected chi connectivity index (χ1v) is 10.9. The van der Waals surface area contributed by atoms with Crippen molar-refractivity contribution < 1.29 is 18.4 Å². The first-order chi connectivity index (χ1) is 15.1. The molecule has 0 aliphatic carbocycles. The van der Waals surface area contributed by atoms with Crippen LogP contribution in [0.3, 0.4) is 0 Å². The fourth-order valence-corrected chi connectivity index (χ4v) is 3.96. The van der Waals surface area contributed by atoms with E-state index in [1.807, 2.05) is 32.3 Å². The Kier molecular flexibility index (Phi) is 6.97. The summed E-state index contributed by atoms with van der Waals surface area (Å²) in [6.45, 7) is 10.4. The number of hydrogen-bond acceptors (Lipinski definition) is 4. The predicted octanol–water partition coefficient (Wildman–Crippen LogP) is 2.94.